The molecule has 0 aromatic carbocycles. The predicted molar refractivity (Wildman–Crippen MR) is 49.0 cm³/mol. The number of hydrogen-bond donors (Lipinski definition) is 0. The highest BCUT2D eigenvalue weighted by Gasteiger charge is 2.33. The molecular formula is C8H13BrF3N. The van der Waals surface area contributed by atoms with E-state index in [1.807, 2.05) is 0 Å². The van der Waals surface area contributed by atoms with Gasteiger partial charge in [0.05, 0.1) is 6.54 Å². The fourth-order valence-corrected chi connectivity index (χ4v) is 1.78. The molecule has 1 fully saturated rings. The van der Waals surface area contributed by atoms with E-state index < -0.39 is 12.7 Å². The Balaban J connectivity index is 2.27. The van der Waals surface area contributed by atoms with Crippen LogP contribution in [0.15, 0.2) is 0 Å². The van der Waals surface area contributed by atoms with Crippen molar-refractivity contribution in [3.63, 3.8) is 0 Å². The minimum atomic E-state index is -4.06. The first-order valence-corrected chi connectivity index (χ1v) is 5.48. The summed E-state index contributed by atoms with van der Waals surface area (Å²) in [5.74, 6) is 0.515. The van der Waals surface area contributed by atoms with Crippen LogP contribution in [0.2, 0.25) is 0 Å². The maximum absolute atomic E-state index is 12.0. The summed E-state index contributed by atoms with van der Waals surface area (Å²) in [5.41, 5.74) is 0. The van der Waals surface area contributed by atoms with Gasteiger partial charge in [0.1, 0.15) is 0 Å². The normalized spacial score (nSPS) is 18.2. The molecule has 0 aromatic heterocycles. The molecule has 0 N–H and O–H groups in total. The van der Waals surface area contributed by atoms with Gasteiger partial charge in [-0.1, -0.05) is 15.9 Å². The number of rotatable bonds is 5. The van der Waals surface area contributed by atoms with Crippen molar-refractivity contribution in [2.45, 2.75) is 19.0 Å². The molecule has 0 unspecified atom stereocenters. The van der Waals surface area contributed by atoms with E-state index in [-0.39, 0.29) is 0 Å². The smallest absolute Gasteiger partial charge is 0.294 e. The lowest BCUT2D eigenvalue weighted by molar-refractivity contribution is -0.145. The summed E-state index contributed by atoms with van der Waals surface area (Å²) in [4.78, 5) is 1.48. The van der Waals surface area contributed by atoms with Crippen LogP contribution in [0.5, 0.6) is 0 Å². The monoisotopic (exact) mass is 259 g/mol. The number of hydrogen-bond acceptors (Lipinski definition) is 1. The summed E-state index contributed by atoms with van der Waals surface area (Å²) in [6.07, 6.45) is -1.87. The minimum absolute atomic E-state index is 0.482. The van der Waals surface area contributed by atoms with Gasteiger partial charge >= 0.3 is 6.18 Å². The van der Waals surface area contributed by atoms with Gasteiger partial charge in [-0.2, -0.15) is 13.2 Å². The van der Waals surface area contributed by atoms with Crippen molar-refractivity contribution in [3.05, 3.63) is 0 Å². The summed E-state index contributed by atoms with van der Waals surface area (Å²) in [6, 6.07) is 0. The Bertz CT molecular complexity index is 156. The Morgan fingerprint density at radius 1 is 1.31 bits per heavy atom. The molecule has 1 rings (SSSR count). The van der Waals surface area contributed by atoms with Crippen molar-refractivity contribution in [2.75, 3.05) is 25.0 Å². The number of alkyl halides is 4. The molecule has 0 bridgehead atoms. The first kappa shape index (κ1) is 11.3. The van der Waals surface area contributed by atoms with Crippen molar-refractivity contribution in [1.82, 2.24) is 4.90 Å². The second kappa shape index (κ2) is 4.64. The van der Waals surface area contributed by atoms with Crippen LogP contribution in [0, 0.1) is 5.92 Å². The van der Waals surface area contributed by atoms with E-state index in [1.165, 1.54) is 4.90 Å². The lowest BCUT2D eigenvalue weighted by Crippen LogP contribution is -2.36. The first-order chi connectivity index (χ1) is 6.01. The molecule has 0 saturated heterocycles. The summed E-state index contributed by atoms with van der Waals surface area (Å²) in [7, 11) is 0. The van der Waals surface area contributed by atoms with Gasteiger partial charge in [-0.25, -0.2) is 0 Å². The maximum Gasteiger partial charge on any atom is 0.401 e. The molecule has 0 atom stereocenters. The Labute approximate surface area is 84.4 Å². The average Bonchev–Trinajstić information content (AvgIpc) is 2.68. The van der Waals surface area contributed by atoms with Crippen LogP contribution in [0.3, 0.4) is 0 Å². The van der Waals surface area contributed by atoms with Gasteiger partial charge in [0, 0.05) is 18.4 Å². The Hall–Kier alpha value is 0.230. The van der Waals surface area contributed by atoms with E-state index in [0.29, 0.717) is 24.3 Å². The molecule has 0 radical (unpaired) electrons. The highest BCUT2D eigenvalue weighted by Crippen LogP contribution is 2.30. The lowest BCUT2D eigenvalue weighted by atomic mass is 10.3. The highest BCUT2D eigenvalue weighted by molar-refractivity contribution is 9.09. The molecule has 0 spiro atoms. The van der Waals surface area contributed by atoms with Crippen molar-refractivity contribution >= 4 is 15.9 Å². The quantitative estimate of drug-likeness (QED) is 0.687. The molecule has 0 heterocycles. The molecule has 0 aromatic rings. The van der Waals surface area contributed by atoms with Crippen LogP contribution >= 0.6 is 15.9 Å². The summed E-state index contributed by atoms with van der Waals surface area (Å²) >= 11 is 3.16. The van der Waals surface area contributed by atoms with E-state index in [2.05, 4.69) is 15.9 Å². The minimum Gasteiger partial charge on any atom is -0.294 e. The Kier molecular flexibility index (Phi) is 4.04. The van der Waals surface area contributed by atoms with E-state index >= 15 is 0 Å². The highest BCUT2D eigenvalue weighted by atomic mass is 79.9. The topological polar surface area (TPSA) is 3.24 Å². The van der Waals surface area contributed by atoms with Crippen LogP contribution in [-0.2, 0) is 0 Å². The summed E-state index contributed by atoms with van der Waals surface area (Å²) < 4.78 is 36.1. The van der Waals surface area contributed by atoms with E-state index in [9.17, 15) is 13.2 Å². The molecule has 0 amide bonds. The van der Waals surface area contributed by atoms with Crippen LogP contribution in [-0.4, -0.2) is 36.0 Å². The third-order valence-corrected chi connectivity index (χ3v) is 2.37. The molecular weight excluding hydrogens is 247 g/mol. The van der Waals surface area contributed by atoms with Gasteiger partial charge < -0.3 is 0 Å². The first-order valence-electron chi connectivity index (χ1n) is 4.36. The second-order valence-corrected chi connectivity index (χ2v) is 4.28. The zero-order chi connectivity index (χ0) is 9.90. The molecule has 78 valence electrons. The van der Waals surface area contributed by atoms with Crippen molar-refractivity contribution in [1.29, 1.82) is 0 Å². The SMILES string of the molecule is FC(F)(F)CN(CCBr)CC1CC1. The van der Waals surface area contributed by atoms with Gasteiger partial charge in [-0.05, 0) is 18.8 Å². The van der Waals surface area contributed by atoms with Gasteiger partial charge in [-0.3, -0.25) is 4.90 Å². The van der Waals surface area contributed by atoms with Crippen molar-refractivity contribution in [2.24, 2.45) is 5.92 Å². The molecule has 13 heavy (non-hydrogen) atoms. The second-order valence-electron chi connectivity index (χ2n) is 3.48. The third kappa shape index (κ3) is 5.52. The standard InChI is InChI=1S/C8H13BrF3N/c9-3-4-13(5-7-1-2-7)6-8(10,11)12/h7H,1-6H2. The average molecular weight is 260 g/mol. The van der Waals surface area contributed by atoms with Gasteiger partial charge in [0.2, 0.25) is 0 Å². The third-order valence-electron chi connectivity index (χ3n) is 2.02. The zero-order valence-corrected chi connectivity index (χ0v) is 8.87. The molecule has 1 aliphatic rings. The maximum atomic E-state index is 12.0. The summed E-state index contributed by atoms with van der Waals surface area (Å²) in [6.45, 7) is 0.316. The Morgan fingerprint density at radius 2 is 1.92 bits per heavy atom. The fourth-order valence-electron chi connectivity index (χ4n) is 1.27. The van der Waals surface area contributed by atoms with Crippen LogP contribution in [0.4, 0.5) is 13.2 Å². The van der Waals surface area contributed by atoms with E-state index in [0.717, 1.165) is 12.8 Å². The van der Waals surface area contributed by atoms with Crippen LogP contribution in [0.25, 0.3) is 0 Å². The van der Waals surface area contributed by atoms with Gasteiger partial charge in [0.15, 0.2) is 0 Å². The molecule has 1 saturated carbocycles. The van der Waals surface area contributed by atoms with E-state index in [4.69, 9.17) is 0 Å². The molecule has 5 heteroatoms. The van der Waals surface area contributed by atoms with Gasteiger partial charge in [-0.15, -0.1) is 0 Å². The fraction of sp³-hybridized carbons (Fsp3) is 1.00. The van der Waals surface area contributed by atoms with Crippen molar-refractivity contribution < 1.29 is 13.2 Å². The zero-order valence-electron chi connectivity index (χ0n) is 7.28. The van der Waals surface area contributed by atoms with Crippen LogP contribution in [0.1, 0.15) is 12.8 Å². The Morgan fingerprint density at radius 3 is 2.31 bits per heavy atom. The summed E-state index contributed by atoms with van der Waals surface area (Å²) in [5, 5.41) is 0.607. The number of halogens is 4. The van der Waals surface area contributed by atoms with E-state index in [1.54, 1.807) is 0 Å². The molecule has 1 nitrogen and oxygen atoms in total. The number of nitrogens with zero attached hydrogens (tertiary/aromatic N) is 1. The molecule has 0 aliphatic heterocycles. The largest absolute Gasteiger partial charge is 0.401 e. The van der Waals surface area contributed by atoms with Gasteiger partial charge in [0.25, 0.3) is 0 Å². The van der Waals surface area contributed by atoms with Crippen LogP contribution < -0.4 is 0 Å². The predicted octanol–water partition coefficient (Wildman–Crippen LogP) is 2.66. The lowest BCUT2D eigenvalue weighted by Gasteiger charge is -2.22. The van der Waals surface area contributed by atoms with Crippen molar-refractivity contribution in [3.8, 4) is 0 Å². The molecule has 1 aliphatic carbocycles.